The van der Waals surface area contributed by atoms with Crippen LogP contribution in [0.3, 0.4) is 0 Å². The van der Waals surface area contributed by atoms with Crippen LogP contribution in [0, 0.1) is 5.92 Å². The Morgan fingerprint density at radius 2 is 1.53 bits per heavy atom. The number of rotatable bonds is 8. The zero-order chi connectivity index (χ0) is 24.1. The number of ether oxygens (including phenoxy) is 3. The van der Waals surface area contributed by atoms with E-state index in [0.717, 1.165) is 12.1 Å². The molecule has 0 bridgehead atoms. The molecule has 0 heterocycles. The number of anilines is 1. The number of hydrogen-bond donors (Lipinski definition) is 2. The van der Waals surface area contributed by atoms with Gasteiger partial charge in [-0.2, -0.15) is 13.2 Å². The van der Waals surface area contributed by atoms with Gasteiger partial charge in [0.2, 0.25) is 11.7 Å². The molecule has 7 nitrogen and oxygen atoms in total. The SMILES string of the molecule is COc1cc(C(=O)N[C@H](C(=O)Nc2cccc(C(F)(F)F)c2)C(C)C)cc(OC)c1OC. The summed E-state index contributed by atoms with van der Waals surface area (Å²) in [7, 11) is 4.23. The molecule has 0 aliphatic heterocycles. The average molecular weight is 454 g/mol. The van der Waals surface area contributed by atoms with Crippen molar-refractivity contribution in [1.82, 2.24) is 5.32 Å². The second-order valence-corrected chi connectivity index (χ2v) is 7.18. The smallest absolute Gasteiger partial charge is 0.416 e. The first kappa shape index (κ1) is 24.8. The van der Waals surface area contributed by atoms with Crippen molar-refractivity contribution in [2.75, 3.05) is 26.6 Å². The topological polar surface area (TPSA) is 85.9 Å². The first-order chi connectivity index (χ1) is 15.0. The number of halogens is 3. The van der Waals surface area contributed by atoms with Gasteiger partial charge in [-0.15, -0.1) is 0 Å². The van der Waals surface area contributed by atoms with Gasteiger partial charge in [0.15, 0.2) is 11.5 Å². The summed E-state index contributed by atoms with van der Waals surface area (Å²) in [6, 6.07) is 6.11. The van der Waals surface area contributed by atoms with E-state index in [4.69, 9.17) is 14.2 Å². The molecule has 1 atom stereocenters. The van der Waals surface area contributed by atoms with Crippen molar-refractivity contribution in [3.63, 3.8) is 0 Å². The van der Waals surface area contributed by atoms with E-state index < -0.39 is 29.6 Å². The molecule has 10 heteroatoms. The monoisotopic (exact) mass is 454 g/mol. The van der Waals surface area contributed by atoms with E-state index in [9.17, 15) is 22.8 Å². The van der Waals surface area contributed by atoms with Crippen LogP contribution in [0.15, 0.2) is 36.4 Å². The van der Waals surface area contributed by atoms with Crippen LogP contribution >= 0.6 is 0 Å². The van der Waals surface area contributed by atoms with Crippen molar-refractivity contribution < 1.29 is 37.0 Å². The number of benzene rings is 2. The summed E-state index contributed by atoms with van der Waals surface area (Å²) in [5, 5.41) is 5.05. The van der Waals surface area contributed by atoms with E-state index in [2.05, 4.69) is 10.6 Å². The standard InChI is InChI=1S/C22H25F3N2O5/c1-12(2)18(21(29)26-15-8-6-7-14(11-15)22(23,24)25)27-20(28)13-9-16(30-3)19(32-5)17(10-13)31-4/h6-12,18H,1-5H3,(H,26,29)(H,27,28)/t18-/m0/s1. The van der Waals surface area contributed by atoms with Crippen LogP contribution in [0.5, 0.6) is 17.2 Å². The molecule has 2 rings (SSSR count). The third-order valence-corrected chi connectivity index (χ3v) is 4.62. The summed E-state index contributed by atoms with van der Waals surface area (Å²) in [6.07, 6.45) is -4.54. The first-order valence-corrected chi connectivity index (χ1v) is 9.60. The Morgan fingerprint density at radius 3 is 2.00 bits per heavy atom. The predicted octanol–water partition coefficient (Wildman–Crippen LogP) is 4.12. The van der Waals surface area contributed by atoms with Crippen LogP contribution in [0.1, 0.15) is 29.8 Å². The minimum absolute atomic E-state index is 0.0301. The summed E-state index contributed by atoms with van der Waals surface area (Å²) < 4.78 is 54.5. The number of nitrogens with one attached hydrogen (secondary N) is 2. The summed E-state index contributed by atoms with van der Waals surface area (Å²) in [6.45, 7) is 3.40. The van der Waals surface area contributed by atoms with Gasteiger partial charge in [-0.25, -0.2) is 0 Å². The molecule has 0 fully saturated rings. The Morgan fingerprint density at radius 1 is 0.938 bits per heavy atom. The fraction of sp³-hybridized carbons (Fsp3) is 0.364. The van der Waals surface area contributed by atoms with E-state index in [1.54, 1.807) is 13.8 Å². The van der Waals surface area contributed by atoms with Crippen LogP contribution in [0.4, 0.5) is 18.9 Å². The molecule has 32 heavy (non-hydrogen) atoms. The number of alkyl halides is 3. The van der Waals surface area contributed by atoms with Gasteiger partial charge in [-0.3, -0.25) is 9.59 Å². The maximum Gasteiger partial charge on any atom is 0.416 e. The highest BCUT2D eigenvalue weighted by Crippen LogP contribution is 2.38. The molecule has 0 radical (unpaired) electrons. The second kappa shape index (κ2) is 10.3. The Balaban J connectivity index is 2.25. The molecule has 2 aromatic rings. The number of hydrogen-bond acceptors (Lipinski definition) is 5. The lowest BCUT2D eigenvalue weighted by atomic mass is 10.0. The van der Waals surface area contributed by atoms with Crippen molar-refractivity contribution in [2.45, 2.75) is 26.1 Å². The normalized spacial score (nSPS) is 12.2. The minimum Gasteiger partial charge on any atom is -0.493 e. The molecule has 174 valence electrons. The third-order valence-electron chi connectivity index (χ3n) is 4.62. The zero-order valence-corrected chi connectivity index (χ0v) is 18.3. The van der Waals surface area contributed by atoms with Crippen molar-refractivity contribution in [3.05, 3.63) is 47.5 Å². The molecule has 0 saturated heterocycles. The van der Waals surface area contributed by atoms with Gasteiger partial charge in [-0.05, 0) is 36.2 Å². The van der Waals surface area contributed by atoms with E-state index in [1.165, 1.54) is 45.6 Å². The van der Waals surface area contributed by atoms with Gasteiger partial charge in [0, 0.05) is 11.3 Å². The largest absolute Gasteiger partial charge is 0.493 e. The highest BCUT2D eigenvalue weighted by molar-refractivity contribution is 6.02. The maximum atomic E-state index is 12.9. The van der Waals surface area contributed by atoms with Gasteiger partial charge in [-0.1, -0.05) is 19.9 Å². The molecule has 2 amide bonds. The van der Waals surface area contributed by atoms with Gasteiger partial charge < -0.3 is 24.8 Å². The van der Waals surface area contributed by atoms with Gasteiger partial charge in [0.05, 0.1) is 26.9 Å². The predicted molar refractivity (Wildman–Crippen MR) is 112 cm³/mol. The zero-order valence-electron chi connectivity index (χ0n) is 18.3. The van der Waals surface area contributed by atoms with Crippen LogP contribution in [-0.4, -0.2) is 39.2 Å². The Bertz CT molecular complexity index is 951. The Labute approximate surface area is 183 Å². The van der Waals surface area contributed by atoms with Crippen molar-refractivity contribution >= 4 is 17.5 Å². The molecule has 2 aromatic carbocycles. The van der Waals surface area contributed by atoms with Crippen LogP contribution in [-0.2, 0) is 11.0 Å². The molecule has 2 N–H and O–H groups in total. The number of amides is 2. The van der Waals surface area contributed by atoms with Crippen LogP contribution in [0.2, 0.25) is 0 Å². The Kier molecular flexibility index (Phi) is 7.96. The molecule has 0 spiro atoms. The second-order valence-electron chi connectivity index (χ2n) is 7.18. The lowest BCUT2D eigenvalue weighted by Crippen LogP contribution is -2.47. The number of methoxy groups -OCH3 is 3. The minimum atomic E-state index is -4.54. The van der Waals surface area contributed by atoms with Crippen molar-refractivity contribution in [1.29, 1.82) is 0 Å². The van der Waals surface area contributed by atoms with E-state index in [-0.39, 0.29) is 28.7 Å². The average Bonchev–Trinajstić information content (AvgIpc) is 2.75. The molecule has 0 unspecified atom stereocenters. The highest BCUT2D eigenvalue weighted by Gasteiger charge is 2.31. The van der Waals surface area contributed by atoms with Gasteiger partial charge in [0.1, 0.15) is 6.04 Å². The van der Waals surface area contributed by atoms with E-state index in [0.29, 0.717) is 5.75 Å². The van der Waals surface area contributed by atoms with E-state index in [1.807, 2.05) is 0 Å². The molecule has 0 saturated carbocycles. The summed E-state index contributed by atoms with van der Waals surface area (Å²) in [5.41, 5.74) is -0.771. The fourth-order valence-electron chi connectivity index (χ4n) is 2.96. The summed E-state index contributed by atoms with van der Waals surface area (Å²) in [5.74, 6) is -0.790. The summed E-state index contributed by atoms with van der Waals surface area (Å²) in [4.78, 5) is 25.6. The first-order valence-electron chi connectivity index (χ1n) is 9.60. The maximum absolute atomic E-state index is 12.9. The molecule has 0 aliphatic rings. The van der Waals surface area contributed by atoms with Crippen LogP contribution in [0.25, 0.3) is 0 Å². The lowest BCUT2D eigenvalue weighted by molar-refractivity contribution is -0.137. The quantitative estimate of drug-likeness (QED) is 0.627. The van der Waals surface area contributed by atoms with Crippen molar-refractivity contribution in [3.8, 4) is 17.2 Å². The van der Waals surface area contributed by atoms with Gasteiger partial charge >= 0.3 is 6.18 Å². The molecule has 0 aromatic heterocycles. The number of carbonyl (C=O) groups excluding carboxylic acids is 2. The lowest BCUT2D eigenvalue weighted by Gasteiger charge is -2.22. The highest BCUT2D eigenvalue weighted by atomic mass is 19.4. The molecule has 0 aliphatic carbocycles. The fourth-order valence-corrected chi connectivity index (χ4v) is 2.96. The third kappa shape index (κ3) is 5.83. The summed E-state index contributed by atoms with van der Waals surface area (Å²) >= 11 is 0. The molecular formula is C22H25F3N2O5. The molecular weight excluding hydrogens is 429 g/mol. The Hall–Kier alpha value is -3.43. The van der Waals surface area contributed by atoms with Crippen LogP contribution < -0.4 is 24.8 Å². The van der Waals surface area contributed by atoms with Gasteiger partial charge in [0.25, 0.3) is 5.91 Å². The van der Waals surface area contributed by atoms with Crippen molar-refractivity contribution in [2.24, 2.45) is 5.92 Å². The van der Waals surface area contributed by atoms with E-state index >= 15 is 0 Å². The number of carbonyl (C=O) groups is 2.